The van der Waals surface area contributed by atoms with Crippen molar-refractivity contribution in [2.75, 3.05) is 0 Å². The minimum absolute atomic E-state index is 0.0508. The van der Waals surface area contributed by atoms with Gasteiger partial charge in [0.15, 0.2) is 0 Å². The van der Waals surface area contributed by atoms with Gasteiger partial charge in [-0.15, -0.1) is 0 Å². The highest BCUT2D eigenvalue weighted by Gasteiger charge is 2.07. The Labute approximate surface area is 79.0 Å². The molecule has 0 aliphatic heterocycles. The van der Waals surface area contributed by atoms with Crippen LogP contribution in [0.15, 0.2) is 29.2 Å². The first-order chi connectivity index (χ1) is 6.74. The molecule has 0 amide bonds. The molecule has 0 bridgehead atoms. The van der Waals surface area contributed by atoms with Gasteiger partial charge >= 0.3 is 0 Å². The largest absolute Gasteiger partial charge is 0.507 e. The van der Waals surface area contributed by atoms with Crippen molar-refractivity contribution in [3.63, 3.8) is 0 Å². The summed E-state index contributed by atoms with van der Waals surface area (Å²) >= 11 is 0. The number of phenols is 1. The van der Waals surface area contributed by atoms with Gasteiger partial charge in [0.05, 0.1) is 10.9 Å². The molecule has 68 valence electrons. The number of aromatic nitrogens is 1. The molecule has 0 radical (unpaired) electrons. The molecule has 2 aromatic rings. The van der Waals surface area contributed by atoms with Gasteiger partial charge in [-0.3, -0.25) is 4.79 Å². The van der Waals surface area contributed by atoms with Crippen molar-refractivity contribution in [1.29, 1.82) is 5.26 Å². The van der Waals surface area contributed by atoms with E-state index in [2.05, 4.69) is 4.98 Å². The van der Waals surface area contributed by atoms with Gasteiger partial charge in [0.2, 0.25) is 0 Å². The minimum Gasteiger partial charge on any atom is -0.507 e. The Morgan fingerprint density at radius 1 is 1.43 bits per heavy atom. The van der Waals surface area contributed by atoms with Gasteiger partial charge in [-0.1, -0.05) is 6.07 Å². The van der Waals surface area contributed by atoms with Gasteiger partial charge in [-0.25, -0.2) is 0 Å². The lowest BCUT2D eigenvalue weighted by molar-refractivity contribution is 0.481. The lowest BCUT2D eigenvalue weighted by Crippen LogP contribution is -2.05. The van der Waals surface area contributed by atoms with E-state index in [1.54, 1.807) is 12.1 Å². The minimum atomic E-state index is -0.310. The monoisotopic (exact) mass is 186 g/mol. The summed E-state index contributed by atoms with van der Waals surface area (Å²) in [6.45, 7) is 0. The number of nitrogens with zero attached hydrogens (tertiary/aromatic N) is 1. The third kappa shape index (κ3) is 1.04. The second kappa shape index (κ2) is 2.89. The summed E-state index contributed by atoms with van der Waals surface area (Å²) in [4.78, 5) is 13.8. The zero-order valence-corrected chi connectivity index (χ0v) is 7.11. The topological polar surface area (TPSA) is 76.9 Å². The molecule has 1 aromatic carbocycles. The van der Waals surface area contributed by atoms with Crippen LogP contribution in [0, 0.1) is 11.3 Å². The van der Waals surface area contributed by atoms with Gasteiger partial charge in [-0.2, -0.15) is 5.26 Å². The van der Waals surface area contributed by atoms with Crippen LogP contribution in [-0.4, -0.2) is 10.1 Å². The number of aromatic hydroxyl groups is 1. The first-order valence-corrected chi connectivity index (χ1v) is 3.97. The number of rotatable bonds is 0. The molecule has 0 aliphatic carbocycles. The van der Waals surface area contributed by atoms with Gasteiger partial charge < -0.3 is 10.1 Å². The number of phenolic OH excluding ortho intramolecular Hbond substituents is 1. The van der Waals surface area contributed by atoms with E-state index in [9.17, 15) is 9.90 Å². The molecule has 0 saturated heterocycles. The van der Waals surface area contributed by atoms with Crippen LogP contribution in [0.2, 0.25) is 0 Å². The molecule has 0 atom stereocenters. The summed E-state index contributed by atoms with van der Waals surface area (Å²) in [5.74, 6) is -0.0508. The molecule has 0 unspecified atom stereocenters. The van der Waals surface area contributed by atoms with E-state index in [1.807, 2.05) is 6.07 Å². The molecule has 0 saturated carbocycles. The number of hydrogen-bond donors (Lipinski definition) is 2. The predicted molar refractivity (Wildman–Crippen MR) is 50.9 cm³/mol. The fraction of sp³-hybridized carbons (Fsp3) is 0. The quantitative estimate of drug-likeness (QED) is 0.646. The third-order valence-electron chi connectivity index (χ3n) is 2.02. The van der Waals surface area contributed by atoms with Crippen LogP contribution in [0.25, 0.3) is 10.8 Å². The number of nitrogens with one attached hydrogen (secondary N) is 1. The number of hydrogen-bond acceptors (Lipinski definition) is 3. The Balaban J connectivity index is 3.09. The maximum Gasteiger partial charge on any atom is 0.256 e. The zero-order valence-electron chi connectivity index (χ0n) is 7.11. The van der Waals surface area contributed by atoms with E-state index < -0.39 is 0 Å². The highest BCUT2D eigenvalue weighted by molar-refractivity contribution is 5.91. The van der Waals surface area contributed by atoms with Crippen molar-refractivity contribution in [3.8, 4) is 11.8 Å². The van der Waals surface area contributed by atoms with E-state index in [0.717, 1.165) is 0 Å². The SMILES string of the molecule is N#Cc1c[nH]c(=O)c2cccc(O)c12. The van der Waals surface area contributed by atoms with Crippen molar-refractivity contribution < 1.29 is 5.11 Å². The number of nitriles is 1. The predicted octanol–water partition coefficient (Wildman–Crippen LogP) is 1.11. The first kappa shape index (κ1) is 8.32. The van der Waals surface area contributed by atoms with Crippen molar-refractivity contribution in [1.82, 2.24) is 4.98 Å². The molecule has 4 heteroatoms. The lowest BCUT2D eigenvalue weighted by Gasteiger charge is -2.00. The molecule has 0 fully saturated rings. The van der Waals surface area contributed by atoms with Crippen LogP contribution in [0.3, 0.4) is 0 Å². The normalized spacial score (nSPS) is 9.93. The molecular formula is C10H6N2O2. The number of H-pyrrole nitrogens is 1. The summed E-state index contributed by atoms with van der Waals surface area (Å²) in [6, 6.07) is 6.48. The zero-order chi connectivity index (χ0) is 10.1. The number of fused-ring (bicyclic) bond motifs is 1. The Morgan fingerprint density at radius 2 is 2.21 bits per heavy atom. The highest BCUT2D eigenvalue weighted by Crippen LogP contribution is 2.24. The smallest absolute Gasteiger partial charge is 0.256 e. The van der Waals surface area contributed by atoms with E-state index >= 15 is 0 Å². The first-order valence-electron chi connectivity index (χ1n) is 3.97. The number of pyridine rings is 1. The van der Waals surface area contributed by atoms with Gasteiger partial charge in [0.1, 0.15) is 11.8 Å². The second-order valence-electron chi connectivity index (χ2n) is 2.84. The van der Waals surface area contributed by atoms with Crippen LogP contribution in [0.4, 0.5) is 0 Å². The summed E-state index contributed by atoms with van der Waals surface area (Å²) in [5.41, 5.74) is -0.0485. The molecule has 0 aliphatic rings. The Kier molecular flexibility index (Phi) is 1.72. The van der Waals surface area contributed by atoms with Crippen LogP contribution >= 0.6 is 0 Å². The third-order valence-corrected chi connectivity index (χ3v) is 2.02. The van der Waals surface area contributed by atoms with Crippen molar-refractivity contribution in [3.05, 3.63) is 40.3 Å². The molecule has 2 N–H and O–H groups in total. The Hall–Kier alpha value is -2.28. The fourth-order valence-electron chi connectivity index (χ4n) is 1.39. The van der Waals surface area contributed by atoms with Crippen LogP contribution in [-0.2, 0) is 0 Å². The van der Waals surface area contributed by atoms with E-state index in [4.69, 9.17) is 5.26 Å². The van der Waals surface area contributed by atoms with Crippen molar-refractivity contribution in [2.45, 2.75) is 0 Å². The summed E-state index contributed by atoms with van der Waals surface area (Å²) in [6.07, 6.45) is 1.30. The molecule has 14 heavy (non-hydrogen) atoms. The maximum atomic E-state index is 11.3. The number of aromatic amines is 1. The standard InChI is InChI=1S/C10H6N2O2/c11-4-6-5-12-10(14)7-2-1-3-8(13)9(6)7/h1-3,5,13H,(H,12,14). The van der Waals surface area contributed by atoms with E-state index in [-0.39, 0.29) is 16.9 Å². The highest BCUT2D eigenvalue weighted by atomic mass is 16.3. The van der Waals surface area contributed by atoms with Crippen molar-refractivity contribution in [2.24, 2.45) is 0 Å². The molecule has 4 nitrogen and oxygen atoms in total. The summed E-state index contributed by atoms with van der Waals surface area (Å²) < 4.78 is 0. The molecule has 1 aromatic heterocycles. The lowest BCUT2D eigenvalue weighted by atomic mass is 10.1. The van der Waals surface area contributed by atoms with E-state index in [0.29, 0.717) is 10.8 Å². The molecule has 0 spiro atoms. The van der Waals surface area contributed by atoms with Crippen LogP contribution in [0.1, 0.15) is 5.56 Å². The van der Waals surface area contributed by atoms with Gasteiger partial charge in [-0.05, 0) is 12.1 Å². The Bertz CT molecular complexity index is 593. The van der Waals surface area contributed by atoms with Gasteiger partial charge in [0, 0.05) is 11.6 Å². The summed E-state index contributed by atoms with van der Waals surface area (Å²) in [5, 5.41) is 18.9. The van der Waals surface area contributed by atoms with E-state index in [1.165, 1.54) is 12.3 Å². The maximum absolute atomic E-state index is 11.3. The van der Waals surface area contributed by atoms with Crippen LogP contribution in [0.5, 0.6) is 5.75 Å². The van der Waals surface area contributed by atoms with Gasteiger partial charge in [0.25, 0.3) is 5.56 Å². The Morgan fingerprint density at radius 3 is 2.93 bits per heavy atom. The average Bonchev–Trinajstić information content (AvgIpc) is 2.20. The average molecular weight is 186 g/mol. The molecule has 2 rings (SSSR count). The second-order valence-corrected chi connectivity index (χ2v) is 2.84. The summed E-state index contributed by atoms with van der Waals surface area (Å²) in [7, 11) is 0. The number of benzene rings is 1. The molecular weight excluding hydrogens is 180 g/mol. The van der Waals surface area contributed by atoms with Crippen LogP contribution < -0.4 is 5.56 Å². The van der Waals surface area contributed by atoms with Crippen molar-refractivity contribution >= 4 is 10.8 Å². The fourth-order valence-corrected chi connectivity index (χ4v) is 1.39. The molecule has 1 heterocycles.